The second-order valence-electron chi connectivity index (χ2n) is 5.20. The Morgan fingerprint density at radius 1 is 1.05 bits per heavy atom. The highest BCUT2D eigenvalue weighted by molar-refractivity contribution is 7.89. The Kier molecular flexibility index (Phi) is 3.92. The van der Waals surface area contributed by atoms with Gasteiger partial charge in [0, 0.05) is 18.9 Å². The number of sulfonamides is 1. The van der Waals surface area contributed by atoms with Gasteiger partial charge in [-0.3, -0.25) is 4.98 Å². The summed E-state index contributed by atoms with van der Waals surface area (Å²) >= 11 is 0. The van der Waals surface area contributed by atoms with Gasteiger partial charge in [-0.1, -0.05) is 35.9 Å². The van der Waals surface area contributed by atoms with Gasteiger partial charge in [-0.15, -0.1) is 0 Å². The van der Waals surface area contributed by atoms with Crippen molar-refractivity contribution in [1.82, 2.24) is 9.71 Å². The van der Waals surface area contributed by atoms with Gasteiger partial charge in [-0.2, -0.15) is 0 Å². The fourth-order valence-electron chi connectivity index (χ4n) is 2.27. The maximum absolute atomic E-state index is 12.4. The molecular weight excluding hydrogens is 296 g/mol. The van der Waals surface area contributed by atoms with Gasteiger partial charge >= 0.3 is 0 Å². The van der Waals surface area contributed by atoms with Crippen LogP contribution in [0.15, 0.2) is 65.8 Å². The average Bonchev–Trinajstić information content (AvgIpc) is 2.53. The second kappa shape index (κ2) is 5.87. The molecule has 22 heavy (non-hydrogen) atoms. The Bertz CT molecular complexity index is 906. The van der Waals surface area contributed by atoms with Gasteiger partial charge in [0.25, 0.3) is 0 Å². The molecule has 2 aromatic carbocycles. The van der Waals surface area contributed by atoms with Crippen LogP contribution in [0.2, 0.25) is 0 Å². The van der Waals surface area contributed by atoms with E-state index in [1.165, 1.54) is 0 Å². The van der Waals surface area contributed by atoms with Gasteiger partial charge in [0.05, 0.1) is 4.90 Å². The van der Waals surface area contributed by atoms with Crippen molar-refractivity contribution in [2.24, 2.45) is 0 Å². The largest absolute Gasteiger partial charge is 0.264 e. The predicted molar refractivity (Wildman–Crippen MR) is 86.9 cm³/mol. The minimum absolute atomic E-state index is 0.224. The van der Waals surface area contributed by atoms with Crippen LogP contribution in [0.1, 0.15) is 11.1 Å². The minimum Gasteiger partial charge on any atom is -0.264 e. The number of pyridine rings is 1. The van der Waals surface area contributed by atoms with E-state index in [2.05, 4.69) is 9.71 Å². The van der Waals surface area contributed by atoms with E-state index >= 15 is 0 Å². The number of hydrogen-bond donors (Lipinski definition) is 1. The summed E-state index contributed by atoms with van der Waals surface area (Å²) in [6.45, 7) is 2.24. The van der Waals surface area contributed by atoms with Gasteiger partial charge in [-0.25, -0.2) is 13.1 Å². The third-order valence-electron chi connectivity index (χ3n) is 3.47. The Morgan fingerprint density at radius 3 is 2.59 bits per heavy atom. The first-order valence-corrected chi connectivity index (χ1v) is 8.42. The van der Waals surface area contributed by atoms with Crippen molar-refractivity contribution in [3.63, 3.8) is 0 Å². The molecule has 3 rings (SSSR count). The van der Waals surface area contributed by atoms with Gasteiger partial charge in [-0.05, 0) is 41.5 Å². The highest BCUT2D eigenvalue weighted by Gasteiger charge is 2.14. The van der Waals surface area contributed by atoms with Crippen LogP contribution in [0.5, 0.6) is 0 Å². The first kappa shape index (κ1) is 14.7. The van der Waals surface area contributed by atoms with E-state index in [4.69, 9.17) is 0 Å². The van der Waals surface area contributed by atoms with Crippen LogP contribution in [0.25, 0.3) is 10.8 Å². The van der Waals surface area contributed by atoms with Crippen LogP contribution >= 0.6 is 0 Å². The van der Waals surface area contributed by atoms with Gasteiger partial charge in [0.2, 0.25) is 10.0 Å². The first-order chi connectivity index (χ1) is 10.5. The Morgan fingerprint density at radius 2 is 1.82 bits per heavy atom. The van der Waals surface area contributed by atoms with Crippen molar-refractivity contribution in [2.45, 2.75) is 18.4 Å². The van der Waals surface area contributed by atoms with Gasteiger partial charge in [0.15, 0.2) is 0 Å². The molecule has 0 fully saturated rings. The van der Waals surface area contributed by atoms with Crippen LogP contribution in [-0.4, -0.2) is 13.4 Å². The molecule has 112 valence electrons. The predicted octanol–water partition coefficient (Wildman–Crippen LogP) is 3.02. The summed E-state index contributed by atoms with van der Waals surface area (Å²) in [5, 5.41) is 1.95. The number of rotatable bonds is 4. The van der Waals surface area contributed by atoms with Crippen LogP contribution in [0, 0.1) is 6.92 Å². The fraction of sp³-hybridized carbons (Fsp3) is 0.118. The maximum Gasteiger partial charge on any atom is 0.240 e. The summed E-state index contributed by atoms with van der Waals surface area (Å²) in [7, 11) is -3.54. The lowest BCUT2D eigenvalue weighted by Crippen LogP contribution is -2.23. The zero-order valence-corrected chi connectivity index (χ0v) is 13.0. The molecule has 0 saturated heterocycles. The molecule has 0 atom stereocenters. The minimum atomic E-state index is -3.54. The van der Waals surface area contributed by atoms with Crippen molar-refractivity contribution < 1.29 is 8.42 Å². The molecule has 0 amide bonds. The van der Waals surface area contributed by atoms with Crippen LogP contribution in [0.3, 0.4) is 0 Å². The summed E-state index contributed by atoms with van der Waals surface area (Å²) in [4.78, 5) is 4.24. The van der Waals surface area contributed by atoms with E-state index in [0.717, 1.165) is 21.9 Å². The first-order valence-electron chi connectivity index (χ1n) is 6.94. The number of benzene rings is 2. The van der Waals surface area contributed by atoms with E-state index in [1.54, 1.807) is 30.6 Å². The lowest BCUT2D eigenvalue weighted by atomic mass is 10.1. The highest BCUT2D eigenvalue weighted by atomic mass is 32.2. The zero-order chi connectivity index (χ0) is 15.6. The molecule has 0 saturated carbocycles. The van der Waals surface area contributed by atoms with E-state index in [-0.39, 0.29) is 11.4 Å². The number of nitrogens with zero attached hydrogens (tertiary/aromatic N) is 1. The Hall–Kier alpha value is -2.24. The Balaban J connectivity index is 1.87. The molecular formula is C17H16N2O2S. The Labute approximate surface area is 129 Å². The van der Waals surface area contributed by atoms with Crippen molar-refractivity contribution in [2.75, 3.05) is 0 Å². The molecule has 0 radical (unpaired) electrons. The number of aromatic nitrogens is 1. The lowest BCUT2D eigenvalue weighted by Gasteiger charge is -2.08. The normalized spacial score (nSPS) is 11.7. The standard InChI is InChI=1S/C17H16N2O2S/c1-13-4-5-16-10-17(7-6-15(16)9-13)22(20,21)19-12-14-3-2-8-18-11-14/h2-11,19H,12H2,1H3. The van der Waals surface area contributed by atoms with Crippen molar-refractivity contribution in [1.29, 1.82) is 0 Å². The van der Waals surface area contributed by atoms with Crippen LogP contribution in [0.4, 0.5) is 0 Å². The molecule has 3 aromatic rings. The van der Waals surface area contributed by atoms with Crippen molar-refractivity contribution in [3.8, 4) is 0 Å². The molecule has 1 heterocycles. The third-order valence-corrected chi connectivity index (χ3v) is 4.87. The molecule has 0 unspecified atom stereocenters. The van der Waals surface area contributed by atoms with Gasteiger partial charge < -0.3 is 0 Å². The average molecular weight is 312 g/mol. The maximum atomic E-state index is 12.4. The summed E-state index contributed by atoms with van der Waals surface area (Å²) in [6.07, 6.45) is 3.30. The topological polar surface area (TPSA) is 59.1 Å². The van der Waals surface area contributed by atoms with Crippen LogP contribution < -0.4 is 4.72 Å². The van der Waals surface area contributed by atoms with E-state index < -0.39 is 10.0 Å². The number of fused-ring (bicyclic) bond motifs is 1. The molecule has 0 aliphatic rings. The highest BCUT2D eigenvalue weighted by Crippen LogP contribution is 2.20. The molecule has 1 aromatic heterocycles. The number of hydrogen-bond acceptors (Lipinski definition) is 3. The monoisotopic (exact) mass is 312 g/mol. The molecule has 0 bridgehead atoms. The molecule has 5 heteroatoms. The second-order valence-corrected chi connectivity index (χ2v) is 6.97. The van der Waals surface area contributed by atoms with E-state index in [9.17, 15) is 8.42 Å². The summed E-state index contributed by atoms with van der Waals surface area (Å²) in [5.74, 6) is 0. The quantitative estimate of drug-likeness (QED) is 0.805. The smallest absolute Gasteiger partial charge is 0.240 e. The number of nitrogens with one attached hydrogen (secondary N) is 1. The summed E-state index contributed by atoms with van der Waals surface area (Å²) < 4.78 is 27.4. The fourth-order valence-corrected chi connectivity index (χ4v) is 3.33. The van der Waals surface area contributed by atoms with Crippen molar-refractivity contribution >= 4 is 20.8 Å². The van der Waals surface area contributed by atoms with E-state index in [1.807, 2.05) is 37.3 Å². The molecule has 0 aliphatic heterocycles. The molecule has 0 spiro atoms. The zero-order valence-electron chi connectivity index (χ0n) is 12.2. The third kappa shape index (κ3) is 3.16. The van der Waals surface area contributed by atoms with Crippen LogP contribution in [-0.2, 0) is 16.6 Å². The summed E-state index contributed by atoms with van der Waals surface area (Å²) in [5.41, 5.74) is 1.97. The summed E-state index contributed by atoms with van der Waals surface area (Å²) in [6, 6.07) is 14.7. The lowest BCUT2D eigenvalue weighted by molar-refractivity contribution is 0.581. The van der Waals surface area contributed by atoms with E-state index in [0.29, 0.717) is 0 Å². The SMILES string of the molecule is Cc1ccc2cc(S(=O)(=O)NCc3cccnc3)ccc2c1. The number of aryl methyl sites for hydroxylation is 1. The van der Waals surface area contributed by atoms with Gasteiger partial charge in [0.1, 0.15) is 0 Å². The molecule has 0 aliphatic carbocycles. The molecule has 4 nitrogen and oxygen atoms in total. The molecule has 1 N–H and O–H groups in total. The van der Waals surface area contributed by atoms with Crippen molar-refractivity contribution in [3.05, 3.63) is 72.1 Å².